The molecule has 0 saturated heterocycles. The zero-order valence-corrected chi connectivity index (χ0v) is 9.39. The minimum absolute atomic E-state index is 0.0575. The Bertz CT molecular complexity index is 612. The number of nitro groups is 1. The molecular weight excluding hydrogens is 261 g/mol. The lowest BCUT2D eigenvalue weighted by atomic mass is 9.99. The first-order valence-corrected chi connectivity index (χ1v) is 5.16. The standard InChI is InChI=1S/C12H7F3N2O2/c13-12(14,15)9-4-1-5-10(17(18)19)11(9)8-3-2-6-16-7-8/h1-7H. The summed E-state index contributed by atoms with van der Waals surface area (Å²) in [4.78, 5) is 13.8. The van der Waals surface area contributed by atoms with E-state index in [-0.39, 0.29) is 5.56 Å². The molecule has 7 heteroatoms. The van der Waals surface area contributed by atoms with Crippen molar-refractivity contribution in [1.82, 2.24) is 4.98 Å². The molecule has 0 spiro atoms. The van der Waals surface area contributed by atoms with Gasteiger partial charge in [0.05, 0.1) is 16.1 Å². The number of pyridine rings is 1. The number of rotatable bonds is 2. The second-order valence-electron chi connectivity index (χ2n) is 3.70. The summed E-state index contributed by atoms with van der Waals surface area (Å²) >= 11 is 0. The summed E-state index contributed by atoms with van der Waals surface area (Å²) < 4.78 is 38.8. The van der Waals surface area contributed by atoms with E-state index in [1.54, 1.807) is 0 Å². The Morgan fingerprint density at radius 1 is 1.16 bits per heavy atom. The van der Waals surface area contributed by atoms with Gasteiger partial charge in [0.15, 0.2) is 0 Å². The summed E-state index contributed by atoms with van der Waals surface area (Å²) in [5, 5.41) is 10.9. The molecule has 0 amide bonds. The first-order valence-electron chi connectivity index (χ1n) is 5.16. The van der Waals surface area contributed by atoms with Crippen LogP contribution in [0.4, 0.5) is 18.9 Å². The Hall–Kier alpha value is -2.44. The largest absolute Gasteiger partial charge is 0.417 e. The lowest BCUT2D eigenvalue weighted by molar-refractivity contribution is -0.384. The van der Waals surface area contributed by atoms with Crippen LogP contribution in [0, 0.1) is 10.1 Å². The SMILES string of the molecule is O=[N+]([O-])c1cccc(C(F)(F)F)c1-c1cccnc1. The molecule has 2 aromatic rings. The van der Waals surface area contributed by atoms with E-state index >= 15 is 0 Å². The van der Waals surface area contributed by atoms with Crippen molar-refractivity contribution in [2.75, 3.05) is 0 Å². The Labute approximate surface area is 105 Å². The molecule has 0 unspecified atom stereocenters. The van der Waals surface area contributed by atoms with E-state index in [9.17, 15) is 23.3 Å². The molecule has 0 N–H and O–H groups in total. The van der Waals surface area contributed by atoms with Crippen molar-refractivity contribution in [3.8, 4) is 11.1 Å². The molecule has 1 aromatic heterocycles. The van der Waals surface area contributed by atoms with Crippen molar-refractivity contribution in [3.63, 3.8) is 0 Å². The third kappa shape index (κ3) is 2.54. The molecule has 0 aliphatic heterocycles. The molecule has 0 aliphatic rings. The quantitative estimate of drug-likeness (QED) is 0.616. The van der Waals surface area contributed by atoms with Crippen molar-refractivity contribution in [3.05, 3.63) is 58.4 Å². The van der Waals surface area contributed by atoms with E-state index in [2.05, 4.69) is 4.98 Å². The summed E-state index contributed by atoms with van der Waals surface area (Å²) in [5.41, 5.74) is -2.05. The van der Waals surface area contributed by atoms with E-state index < -0.39 is 27.9 Å². The minimum Gasteiger partial charge on any atom is -0.264 e. The summed E-state index contributed by atoms with van der Waals surface area (Å²) in [6, 6.07) is 5.64. The highest BCUT2D eigenvalue weighted by Crippen LogP contribution is 2.41. The Morgan fingerprint density at radius 3 is 2.42 bits per heavy atom. The maximum Gasteiger partial charge on any atom is 0.417 e. The van der Waals surface area contributed by atoms with Crippen molar-refractivity contribution in [2.24, 2.45) is 0 Å². The van der Waals surface area contributed by atoms with Gasteiger partial charge in [0, 0.05) is 24.0 Å². The maximum atomic E-state index is 12.9. The van der Waals surface area contributed by atoms with Gasteiger partial charge in [-0.05, 0) is 12.1 Å². The number of hydrogen-bond donors (Lipinski definition) is 0. The first kappa shape index (κ1) is 13.0. The molecule has 0 radical (unpaired) electrons. The molecule has 0 bridgehead atoms. The van der Waals surface area contributed by atoms with Crippen molar-refractivity contribution < 1.29 is 18.1 Å². The molecule has 0 aliphatic carbocycles. The van der Waals surface area contributed by atoms with Crippen LogP contribution in [0.2, 0.25) is 0 Å². The fraction of sp³-hybridized carbons (Fsp3) is 0.0833. The third-order valence-corrected chi connectivity index (χ3v) is 2.49. The van der Waals surface area contributed by atoms with Crippen molar-refractivity contribution in [1.29, 1.82) is 0 Å². The molecule has 98 valence electrons. The van der Waals surface area contributed by atoms with E-state index in [4.69, 9.17) is 0 Å². The normalized spacial score (nSPS) is 11.3. The van der Waals surface area contributed by atoms with Crippen molar-refractivity contribution >= 4 is 5.69 Å². The Balaban J connectivity index is 2.78. The summed E-state index contributed by atoms with van der Waals surface area (Å²) in [5.74, 6) is 0. The summed E-state index contributed by atoms with van der Waals surface area (Å²) in [6.07, 6.45) is -2.12. The smallest absolute Gasteiger partial charge is 0.264 e. The maximum absolute atomic E-state index is 12.9. The predicted octanol–water partition coefficient (Wildman–Crippen LogP) is 3.68. The molecule has 0 fully saturated rings. The van der Waals surface area contributed by atoms with Gasteiger partial charge < -0.3 is 0 Å². The number of alkyl halides is 3. The molecule has 1 aromatic carbocycles. The second-order valence-corrected chi connectivity index (χ2v) is 3.70. The predicted molar refractivity (Wildman–Crippen MR) is 61.3 cm³/mol. The van der Waals surface area contributed by atoms with Crippen LogP contribution in [0.5, 0.6) is 0 Å². The van der Waals surface area contributed by atoms with E-state index in [1.165, 1.54) is 18.3 Å². The van der Waals surface area contributed by atoms with Gasteiger partial charge in [-0.3, -0.25) is 15.1 Å². The van der Waals surface area contributed by atoms with Crippen molar-refractivity contribution in [2.45, 2.75) is 6.18 Å². The average molecular weight is 268 g/mol. The monoisotopic (exact) mass is 268 g/mol. The average Bonchev–Trinajstić information content (AvgIpc) is 2.37. The van der Waals surface area contributed by atoms with Crippen LogP contribution < -0.4 is 0 Å². The van der Waals surface area contributed by atoms with Gasteiger partial charge in [-0.2, -0.15) is 13.2 Å². The number of nitrogens with zero attached hydrogens (tertiary/aromatic N) is 2. The van der Waals surface area contributed by atoms with Crippen LogP contribution in [-0.2, 0) is 6.18 Å². The molecular formula is C12H7F3N2O2. The van der Waals surface area contributed by atoms with Crippen LogP contribution in [0.1, 0.15) is 5.56 Å². The number of benzene rings is 1. The first-order chi connectivity index (χ1) is 8.91. The fourth-order valence-electron chi connectivity index (χ4n) is 1.74. The zero-order chi connectivity index (χ0) is 14.0. The lowest BCUT2D eigenvalue weighted by Gasteiger charge is -2.12. The lowest BCUT2D eigenvalue weighted by Crippen LogP contribution is -2.08. The highest BCUT2D eigenvalue weighted by atomic mass is 19.4. The molecule has 2 rings (SSSR count). The number of hydrogen-bond acceptors (Lipinski definition) is 3. The third-order valence-electron chi connectivity index (χ3n) is 2.49. The molecule has 1 heterocycles. The molecule has 0 saturated carbocycles. The summed E-state index contributed by atoms with van der Waals surface area (Å²) in [7, 11) is 0. The molecule has 4 nitrogen and oxygen atoms in total. The van der Waals surface area contributed by atoms with E-state index in [1.807, 2.05) is 0 Å². The van der Waals surface area contributed by atoms with Crippen LogP contribution in [0.3, 0.4) is 0 Å². The van der Waals surface area contributed by atoms with Crippen LogP contribution in [0.15, 0.2) is 42.7 Å². The summed E-state index contributed by atoms with van der Waals surface area (Å²) in [6.45, 7) is 0. The van der Waals surface area contributed by atoms with Gasteiger partial charge in [0.1, 0.15) is 0 Å². The van der Waals surface area contributed by atoms with Crippen LogP contribution in [-0.4, -0.2) is 9.91 Å². The van der Waals surface area contributed by atoms with Gasteiger partial charge in [-0.25, -0.2) is 0 Å². The molecule has 19 heavy (non-hydrogen) atoms. The van der Waals surface area contributed by atoms with Crippen LogP contribution >= 0.6 is 0 Å². The number of aromatic nitrogens is 1. The Kier molecular flexibility index (Phi) is 3.20. The zero-order valence-electron chi connectivity index (χ0n) is 9.39. The minimum atomic E-state index is -4.67. The highest BCUT2D eigenvalue weighted by Gasteiger charge is 2.37. The number of halogens is 3. The van der Waals surface area contributed by atoms with Crippen LogP contribution in [0.25, 0.3) is 11.1 Å². The topological polar surface area (TPSA) is 56.0 Å². The molecule has 0 atom stereocenters. The van der Waals surface area contributed by atoms with E-state index in [0.29, 0.717) is 0 Å². The highest BCUT2D eigenvalue weighted by molar-refractivity contribution is 5.76. The fourth-order valence-corrected chi connectivity index (χ4v) is 1.74. The van der Waals surface area contributed by atoms with Gasteiger partial charge in [-0.15, -0.1) is 0 Å². The van der Waals surface area contributed by atoms with Gasteiger partial charge >= 0.3 is 6.18 Å². The number of nitro benzene ring substituents is 1. The van der Waals surface area contributed by atoms with Gasteiger partial charge in [0.25, 0.3) is 5.69 Å². The van der Waals surface area contributed by atoms with Gasteiger partial charge in [-0.1, -0.05) is 12.1 Å². The Morgan fingerprint density at radius 2 is 1.89 bits per heavy atom. The second kappa shape index (κ2) is 4.68. The van der Waals surface area contributed by atoms with Gasteiger partial charge in [0.2, 0.25) is 0 Å². The van der Waals surface area contributed by atoms with E-state index in [0.717, 1.165) is 24.4 Å².